The second kappa shape index (κ2) is 7.28. The summed E-state index contributed by atoms with van der Waals surface area (Å²) in [5.74, 6) is -3.76. The first-order chi connectivity index (χ1) is 9.31. The van der Waals surface area contributed by atoms with E-state index in [-0.39, 0.29) is 12.5 Å². The Morgan fingerprint density at radius 2 is 1.80 bits per heavy atom. The summed E-state index contributed by atoms with van der Waals surface area (Å²) in [5.41, 5.74) is 0. The number of nitrogens with one attached hydrogen (secondary N) is 1. The van der Waals surface area contributed by atoms with Crippen molar-refractivity contribution in [3.63, 3.8) is 0 Å². The summed E-state index contributed by atoms with van der Waals surface area (Å²) in [6.07, 6.45) is 1.25. The van der Waals surface area contributed by atoms with E-state index in [1.807, 2.05) is 6.92 Å². The number of hydrogen-bond donors (Lipinski definition) is 1. The monoisotopic (exact) mass is 329 g/mol. The van der Waals surface area contributed by atoms with Crippen LogP contribution in [0.4, 0.5) is 13.2 Å². The van der Waals surface area contributed by atoms with Gasteiger partial charge in [0, 0.05) is 24.6 Å². The van der Waals surface area contributed by atoms with Gasteiger partial charge in [0.15, 0.2) is 4.90 Å². The van der Waals surface area contributed by atoms with Gasteiger partial charge < -0.3 is 0 Å². The first kappa shape index (κ1) is 17.3. The molecule has 20 heavy (non-hydrogen) atoms. The van der Waals surface area contributed by atoms with Gasteiger partial charge in [0.2, 0.25) is 10.0 Å². The summed E-state index contributed by atoms with van der Waals surface area (Å²) < 4.78 is 65.5. The Bertz CT molecular complexity index is 543. The van der Waals surface area contributed by atoms with E-state index in [0.717, 1.165) is 0 Å². The largest absolute Gasteiger partial charge is 0.246 e. The third kappa shape index (κ3) is 4.36. The number of sulfonamides is 1. The fourth-order valence-electron chi connectivity index (χ4n) is 1.69. The molecule has 8 heteroatoms. The molecule has 1 N–H and O–H groups in total. The highest BCUT2D eigenvalue weighted by Crippen LogP contribution is 2.20. The lowest BCUT2D eigenvalue weighted by molar-refractivity contribution is 0.469. The highest BCUT2D eigenvalue weighted by Gasteiger charge is 2.25. The van der Waals surface area contributed by atoms with Gasteiger partial charge in [0.25, 0.3) is 0 Å². The van der Waals surface area contributed by atoms with Crippen LogP contribution < -0.4 is 4.72 Å². The molecule has 1 aromatic carbocycles. The predicted octanol–water partition coefficient (Wildman–Crippen LogP) is 3.04. The van der Waals surface area contributed by atoms with Crippen LogP contribution in [0, 0.1) is 23.4 Å². The molecular formula is C12H15ClF3NO2S. The van der Waals surface area contributed by atoms with E-state index in [4.69, 9.17) is 11.6 Å². The topological polar surface area (TPSA) is 46.2 Å². The molecule has 0 saturated carbocycles. The molecule has 1 rings (SSSR count). The maximum Gasteiger partial charge on any atom is 0.246 e. The van der Waals surface area contributed by atoms with Crippen LogP contribution in [-0.4, -0.2) is 20.8 Å². The lowest BCUT2D eigenvalue weighted by atomic mass is 10.0. The standard InChI is InChI=1S/C12H15ClF3NO2S/c1-2-8(3-4-13)7-17-20(18,19)12-10(15)5-9(14)6-11(12)16/h5-6,8,17H,2-4,7H2,1H3. The molecule has 0 aliphatic carbocycles. The highest BCUT2D eigenvalue weighted by molar-refractivity contribution is 7.89. The molecule has 0 bridgehead atoms. The Hall–Kier alpha value is -0.790. The quantitative estimate of drug-likeness (QED) is 0.782. The Balaban J connectivity index is 2.95. The summed E-state index contributed by atoms with van der Waals surface area (Å²) in [4.78, 5) is -1.17. The average molecular weight is 330 g/mol. The van der Waals surface area contributed by atoms with Crippen molar-refractivity contribution in [2.24, 2.45) is 5.92 Å². The molecule has 0 fully saturated rings. The number of hydrogen-bond acceptors (Lipinski definition) is 2. The Morgan fingerprint density at radius 1 is 1.25 bits per heavy atom. The van der Waals surface area contributed by atoms with Crippen LogP contribution in [0.1, 0.15) is 19.8 Å². The molecule has 0 radical (unpaired) electrons. The molecule has 0 spiro atoms. The second-order valence-electron chi connectivity index (χ2n) is 4.30. The van der Waals surface area contributed by atoms with Crippen LogP contribution in [0.3, 0.4) is 0 Å². The third-order valence-electron chi connectivity index (χ3n) is 2.89. The van der Waals surface area contributed by atoms with E-state index in [1.165, 1.54) is 0 Å². The molecule has 1 aromatic rings. The van der Waals surface area contributed by atoms with Gasteiger partial charge >= 0.3 is 0 Å². The normalized spacial score (nSPS) is 13.4. The van der Waals surface area contributed by atoms with Crippen molar-refractivity contribution >= 4 is 21.6 Å². The summed E-state index contributed by atoms with van der Waals surface area (Å²) >= 11 is 5.57. The number of rotatable bonds is 7. The minimum Gasteiger partial charge on any atom is -0.211 e. The van der Waals surface area contributed by atoms with Crippen molar-refractivity contribution in [3.05, 3.63) is 29.6 Å². The average Bonchev–Trinajstić information content (AvgIpc) is 2.32. The number of alkyl halides is 1. The molecule has 1 unspecified atom stereocenters. The van der Waals surface area contributed by atoms with Crippen LogP contribution in [0.2, 0.25) is 0 Å². The van der Waals surface area contributed by atoms with E-state index >= 15 is 0 Å². The van der Waals surface area contributed by atoms with Gasteiger partial charge in [-0.2, -0.15) is 0 Å². The highest BCUT2D eigenvalue weighted by atomic mass is 35.5. The van der Waals surface area contributed by atoms with Crippen molar-refractivity contribution in [2.45, 2.75) is 24.7 Å². The molecule has 114 valence electrons. The molecule has 0 aromatic heterocycles. The molecule has 0 aliphatic heterocycles. The molecule has 0 saturated heterocycles. The molecule has 0 amide bonds. The summed E-state index contributed by atoms with van der Waals surface area (Å²) in [5, 5.41) is 0. The van der Waals surface area contributed by atoms with E-state index in [1.54, 1.807) is 0 Å². The first-order valence-corrected chi connectivity index (χ1v) is 8.03. The molecular weight excluding hydrogens is 315 g/mol. The van der Waals surface area contributed by atoms with Gasteiger partial charge in [-0.1, -0.05) is 13.3 Å². The minimum absolute atomic E-state index is 0.0157. The van der Waals surface area contributed by atoms with E-state index in [9.17, 15) is 21.6 Å². The van der Waals surface area contributed by atoms with E-state index < -0.39 is 32.4 Å². The molecule has 1 atom stereocenters. The lowest BCUT2D eigenvalue weighted by Gasteiger charge is -2.15. The summed E-state index contributed by atoms with van der Waals surface area (Å²) in [6, 6.07) is 0.654. The molecule has 3 nitrogen and oxygen atoms in total. The third-order valence-corrected chi connectivity index (χ3v) is 4.58. The molecule has 0 heterocycles. The summed E-state index contributed by atoms with van der Waals surface area (Å²) in [7, 11) is -4.37. The van der Waals surface area contributed by atoms with E-state index in [0.29, 0.717) is 30.9 Å². The van der Waals surface area contributed by atoms with Gasteiger partial charge in [0.1, 0.15) is 17.5 Å². The Labute approximate surface area is 121 Å². The van der Waals surface area contributed by atoms with Crippen molar-refractivity contribution in [1.82, 2.24) is 4.72 Å². The van der Waals surface area contributed by atoms with Crippen molar-refractivity contribution in [3.8, 4) is 0 Å². The van der Waals surface area contributed by atoms with Gasteiger partial charge in [-0.25, -0.2) is 26.3 Å². The maximum absolute atomic E-state index is 13.4. The smallest absolute Gasteiger partial charge is 0.211 e. The van der Waals surface area contributed by atoms with Crippen LogP contribution in [0.5, 0.6) is 0 Å². The van der Waals surface area contributed by atoms with Crippen LogP contribution in [0.15, 0.2) is 17.0 Å². The lowest BCUT2D eigenvalue weighted by Crippen LogP contribution is -2.30. The van der Waals surface area contributed by atoms with Crippen molar-refractivity contribution in [2.75, 3.05) is 12.4 Å². The van der Waals surface area contributed by atoms with Gasteiger partial charge in [-0.3, -0.25) is 0 Å². The molecule has 0 aliphatic rings. The van der Waals surface area contributed by atoms with Crippen LogP contribution >= 0.6 is 11.6 Å². The Kier molecular flexibility index (Phi) is 6.29. The van der Waals surface area contributed by atoms with Crippen molar-refractivity contribution < 1.29 is 21.6 Å². The second-order valence-corrected chi connectivity index (χ2v) is 6.38. The fourth-order valence-corrected chi connectivity index (χ4v) is 3.23. The summed E-state index contributed by atoms with van der Waals surface area (Å²) in [6.45, 7) is 1.87. The first-order valence-electron chi connectivity index (χ1n) is 6.02. The van der Waals surface area contributed by atoms with Gasteiger partial charge in [-0.15, -0.1) is 11.6 Å². The number of halogens is 4. The fraction of sp³-hybridized carbons (Fsp3) is 0.500. The van der Waals surface area contributed by atoms with Crippen LogP contribution in [0.25, 0.3) is 0 Å². The van der Waals surface area contributed by atoms with Gasteiger partial charge in [0.05, 0.1) is 0 Å². The minimum atomic E-state index is -4.37. The SMILES string of the molecule is CCC(CCCl)CNS(=O)(=O)c1c(F)cc(F)cc1F. The Morgan fingerprint density at radius 3 is 2.25 bits per heavy atom. The zero-order chi connectivity index (χ0) is 15.3. The van der Waals surface area contributed by atoms with Crippen molar-refractivity contribution in [1.29, 1.82) is 0 Å². The predicted molar refractivity (Wildman–Crippen MR) is 70.6 cm³/mol. The van der Waals surface area contributed by atoms with E-state index in [2.05, 4.69) is 4.72 Å². The van der Waals surface area contributed by atoms with Gasteiger partial charge in [-0.05, 0) is 12.3 Å². The number of benzene rings is 1. The van der Waals surface area contributed by atoms with Crippen LogP contribution in [-0.2, 0) is 10.0 Å². The zero-order valence-electron chi connectivity index (χ0n) is 10.8. The zero-order valence-corrected chi connectivity index (χ0v) is 12.4. The maximum atomic E-state index is 13.4.